The molecule has 0 atom stereocenters. The van der Waals surface area contributed by atoms with Gasteiger partial charge < -0.3 is 5.11 Å². The van der Waals surface area contributed by atoms with Crippen molar-refractivity contribution in [2.75, 3.05) is 0 Å². The van der Waals surface area contributed by atoms with Crippen molar-refractivity contribution in [3.63, 3.8) is 0 Å². The zero-order valence-electron chi connectivity index (χ0n) is 12.4. The number of isocyanates is 1. The van der Waals surface area contributed by atoms with Crippen molar-refractivity contribution in [2.24, 2.45) is 10.4 Å². The molecule has 0 saturated carbocycles. The van der Waals surface area contributed by atoms with Gasteiger partial charge >= 0.3 is 0 Å². The highest BCUT2D eigenvalue weighted by Crippen LogP contribution is 2.37. The smallest absolute Gasteiger partial charge is 0.235 e. The first-order valence-corrected chi connectivity index (χ1v) is 6.52. The Bertz CT molecular complexity index is 492. The molecule has 0 radical (unpaired) electrons. The van der Waals surface area contributed by atoms with Crippen LogP contribution in [-0.2, 0) is 16.8 Å². The van der Waals surface area contributed by atoms with Crippen molar-refractivity contribution in [1.29, 1.82) is 0 Å². The molecular formula is C16H23NO2. The minimum atomic E-state index is 0.00555. The highest BCUT2D eigenvalue weighted by molar-refractivity contribution is 5.41. The van der Waals surface area contributed by atoms with Crippen LogP contribution >= 0.6 is 0 Å². The maximum absolute atomic E-state index is 10.2. The van der Waals surface area contributed by atoms with Crippen molar-refractivity contribution in [3.05, 3.63) is 29.3 Å². The van der Waals surface area contributed by atoms with Crippen LogP contribution in [0.4, 0.5) is 0 Å². The Hall–Kier alpha value is -1.60. The summed E-state index contributed by atoms with van der Waals surface area (Å²) in [5.74, 6) is 0.175. The molecule has 0 aromatic heterocycles. The number of benzene rings is 1. The van der Waals surface area contributed by atoms with E-state index in [0.717, 1.165) is 12.0 Å². The van der Waals surface area contributed by atoms with Crippen LogP contribution in [0.2, 0.25) is 0 Å². The highest BCUT2D eigenvalue weighted by Gasteiger charge is 2.27. The molecule has 3 heteroatoms. The molecule has 0 aliphatic rings. The summed E-state index contributed by atoms with van der Waals surface area (Å²) < 4.78 is 0. The first-order valence-electron chi connectivity index (χ1n) is 6.52. The molecule has 0 aliphatic heterocycles. The Morgan fingerprint density at radius 2 is 1.84 bits per heavy atom. The van der Waals surface area contributed by atoms with Gasteiger partial charge in [-0.1, -0.05) is 40.7 Å². The van der Waals surface area contributed by atoms with Gasteiger partial charge in [-0.25, -0.2) is 9.79 Å². The molecule has 104 valence electrons. The number of aliphatic imine (C=N–C) groups is 1. The molecule has 0 amide bonds. The summed E-state index contributed by atoms with van der Waals surface area (Å²) in [4.78, 5) is 13.7. The van der Waals surface area contributed by atoms with Crippen LogP contribution in [0.25, 0.3) is 0 Å². The third-order valence-electron chi connectivity index (χ3n) is 3.15. The van der Waals surface area contributed by atoms with E-state index >= 15 is 0 Å². The molecule has 1 aromatic rings. The van der Waals surface area contributed by atoms with E-state index in [-0.39, 0.29) is 23.1 Å². The number of nitrogens with zero attached hydrogens (tertiary/aromatic N) is 1. The summed E-state index contributed by atoms with van der Waals surface area (Å²) in [6.45, 7) is 11.2. The second kappa shape index (κ2) is 5.58. The van der Waals surface area contributed by atoms with E-state index in [1.54, 1.807) is 6.07 Å². The fraction of sp³-hybridized carbons (Fsp3) is 0.562. The standard InChI is InChI=1S/C16H23NO2/c1-15(2,3)10-16(4,5)13-6-7-14(19)12(8-13)9-17-11-18/h6-8,19H,9-10H2,1-5H3. The topological polar surface area (TPSA) is 49.7 Å². The number of carbonyl (C=O) groups excluding carboxylic acids is 1. The molecule has 1 rings (SSSR count). The van der Waals surface area contributed by atoms with Crippen LogP contribution in [-0.4, -0.2) is 11.2 Å². The lowest BCUT2D eigenvalue weighted by Gasteiger charge is -2.33. The summed E-state index contributed by atoms with van der Waals surface area (Å²) in [6.07, 6.45) is 2.53. The Morgan fingerprint density at radius 3 is 2.37 bits per heavy atom. The van der Waals surface area contributed by atoms with Crippen molar-refractivity contribution in [1.82, 2.24) is 0 Å². The fourth-order valence-electron chi connectivity index (χ4n) is 2.68. The highest BCUT2D eigenvalue weighted by atomic mass is 16.3. The molecule has 0 bridgehead atoms. The zero-order chi connectivity index (χ0) is 14.7. The predicted octanol–water partition coefficient (Wildman–Crippen LogP) is 3.94. The van der Waals surface area contributed by atoms with E-state index in [2.05, 4.69) is 39.6 Å². The van der Waals surface area contributed by atoms with Gasteiger partial charge in [0, 0.05) is 5.56 Å². The quantitative estimate of drug-likeness (QED) is 0.659. The van der Waals surface area contributed by atoms with Gasteiger partial charge in [0.1, 0.15) is 5.75 Å². The minimum Gasteiger partial charge on any atom is -0.508 e. The lowest BCUT2D eigenvalue weighted by molar-refractivity contribution is 0.284. The summed E-state index contributed by atoms with van der Waals surface area (Å²) >= 11 is 0. The van der Waals surface area contributed by atoms with Gasteiger partial charge in [0.05, 0.1) is 6.54 Å². The first kappa shape index (κ1) is 15.5. The number of rotatable bonds is 4. The predicted molar refractivity (Wildman–Crippen MR) is 77.0 cm³/mol. The lowest BCUT2D eigenvalue weighted by Crippen LogP contribution is -2.24. The van der Waals surface area contributed by atoms with Crippen LogP contribution < -0.4 is 0 Å². The lowest BCUT2D eigenvalue weighted by atomic mass is 9.72. The summed E-state index contributed by atoms with van der Waals surface area (Å²) in [7, 11) is 0. The van der Waals surface area contributed by atoms with Gasteiger partial charge in [-0.2, -0.15) is 0 Å². The Kier molecular flexibility index (Phi) is 4.54. The average molecular weight is 261 g/mol. The number of hydrogen-bond donors (Lipinski definition) is 1. The molecule has 0 heterocycles. The molecule has 3 nitrogen and oxygen atoms in total. The van der Waals surface area contributed by atoms with Gasteiger partial charge in [-0.05, 0) is 34.9 Å². The number of phenolic OH excluding ortho intramolecular Hbond substituents is 1. The molecule has 0 fully saturated rings. The third-order valence-corrected chi connectivity index (χ3v) is 3.15. The average Bonchev–Trinajstić information content (AvgIpc) is 2.24. The fourth-order valence-corrected chi connectivity index (χ4v) is 2.68. The monoisotopic (exact) mass is 261 g/mol. The van der Waals surface area contributed by atoms with Gasteiger partial charge in [0.25, 0.3) is 0 Å². The van der Waals surface area contributed by atoms with Gasteiger partial charge in [-0.3, -0.25) is 0 Å². The van der Waals surface area contributed by atoms with Crippen molar-refractivity contribution in [3.8, 4) is 5.75 Å². The summed E-state index contributed by atoms with van der Waals surface area (Å²) in [5, 5.41) is 9.77. The maximum Gasteiger partial charge on any atom is 0.235 e. The van der Waals surface area contributed by atoms with E-state index in [9.17, 15) is 9.90 Å². The number of phenols is 1. The van der Waals surface area contributed by atoms with Crippen molar-refractivity contribution in [2.45, 2.75) is 53.0 Å². The van der Waals surface area contributed by atoms with E-state index in [1.165, 1.54) is 6.08 Å². The normalized spacial score (nSPS) is 12.1. The molecule has 0 saturated heterocycles. The number of hydrogen-bond acceptors (Lipinski definition) is 3. The zero-order valence-corrected chi connectivity index (χ0v) is 12.4. The van der Waals surface area contributed by atoms with Crippen LogP contribution in [0.3, 0.4) is 0 Å². The van der Waals surface area contributed by atoms with E-state index in [4.69, 9.17) is 0 Å². The van der Waals surface area contributed by atoms with Crippen LogP contribution in [0.5, 0.6) is 5.75 Å². The minimum absolute atomic E-state index is 0.00555. The van der Waals surface area contributed by atoms with Crippen LogP contribution in [0.1, 0.15) is 52.2 Å². The Morgan fingerprint density at radius 1 is 1.21 bits per heavy atom. The molecule has 1 aromatic carbocycles. The van der Waals surface area contributed by atoms with E-state index in [1.807, 2.05) is 12.1 Å². The maximum atomic E-state index is 10.2. The molecule has 0 unspecified atom stereocenters. The largest absolute Gasteiger partial charge is 0.508 e. The van der Waals surface area contributed by atoms with Crippen LogP contribution in [0, 0.1) is 5.41 Å². The van der Waals surface area contributed by atoms with Crippen LogP contribution in [0.15, 0.2) is 23.2 Å². The molecule has 0 aliphatic carbocycles. The first-order chi connectivity index (χ1) is 8.65. The Labute approximate surface area is 115 Å². The summed E-state index contributed by atoms with van der Waals surface area (Å²) in [5.41, 5.74) is 2.05. The SMILES string of the molecule is CC(C)(C)CC(C)(C)c1ccc(O)c(CN=C=O)c1. The van der Waals surface area contributed by atoms with E-state index < -0.39 is 0 Å². The van der Waals surface area contributed by atoms with Crippen molar-refractivity contribution < 1.29 is 9.90 Å². The second-order valence-corrected chi connectivity index (χ2v) is 6.87. The van der Waals surface area contributed by atoms with Gasteiger partial charge in [0.15, 0.2) is 0 Å². The molecular weight excluding hydrogens is 238 g/mol. The molecule has 19 heavy (non-hydrogen) atoms. The van der Waals surface area contributed by atoms with Gasteiger partial charge in [0.2, 0.25) is 6.08 Å². The van der Waals surface area contributed by atoms with Crippen molar-refractivity contribution >= 4 is 6.08 Å². The molecule has 1 N–H and O–H groups in total. The number of aromatic hydroxyl groups is 1. The van der Waals surface area contributed by atoms with Gasteiger partial charge in [-0.15, -0.1) is 0 Å². The third kappa shape index (κ3) is 4.53. The van der Waals surface area contributed by atoms with E-state index in [0.29, 0.717) is 5.56 Å². The summed E-state index contributed by atoms with van der Waals surface area (Å²) in [6, 6.07) is 5.55. The Balaban J connectivity index is 3.10. The second-order valence-electron chi connectivity index (χ2n) is 6.87. The molecule has 0 spiro atoms.